The smallest absolute Gasteiger partial charge is 0.313 e. The zero-order valence-electron chi connectivity index (χ0n) is 11.4. The minimum atomic E-state index is -0.806. The average molecular weight is 330 g/mol. The molecule has 1 saturated carbocycles. The third-order valence-electron chi connectivity index (χ3n) is 3.66. The second-order valence-electron chi connectivity index (χ2n) is 5.16. The summed E-state index contributed by atoms with van der Waals surface area (Å²) in [6.45, 7) is 2.91. The van der Waals surface area contributed by atoms with Gasteiger partial charge in [0.25, 0.3) is 0 Å². The molecule has 1 N–H and O–H groups in total. The van der Waals surface area contributed by atoms with E-state index in [1.807, 2.05) is 6.07 Å². The van der Waals surface area contributed by atoms with Crippen molar-refractivity contribution in [2.24, 2.45) is 0 Å². The lowest BCUT2D eigenvalue weighted by Gasteiger charge is -2.28. The molecule has 0 spiro atoms. The van der Waals surface area contributed by atoms with Gasteiger partial charge in [-0.15, -0.1) is 11.8 Å². The Bertz CT molecular complexity index is 547. The summed E-state index contributed by atoms with van der Waals surface area (Å²) in [4.78, 5) is 21.5. The molecule has 0 atom stereocenters. The largest absolute Gasteiger partial charge is 0.481 e. The molecule has 2 aliphatic rings. The molecule has 0 amide bonds. The van der Waals surface area contributed by atoms with Crippen LogP contribution in [0.2, 0.25) is 5.28 Å². The molecule has 0 bridgehead atoms. The van der Waals surface area contributed by atoms with Crippen molar-refractivity contribution in [3.63, 3.8) is 0 Å². The number of aromatic nitrogens is 2. The summed E-state index contributed by atoms with van der Waals surface area (Å²) in [5, 5.41) is 9.08. The summed E-state index contributed by atoms with van der Waals surface area (Å²) in [7, 11) is 0. The first-order valence-corrected chi connectivity index (χ1v) is 8.19. The maximum atomic E-state index is 10.8. The van der Waals surface area contributed by atoms with E-state index in [0.717, 1.165) is 37.4 Å². The number of morpholine rings is 1. The van der Waals surface area contributed by atoms with Crippen LogP contribution < -0.4 is 4.90 Å². The van der Waals surface area contributed by atoms with Gasteiger partial charge < -0.3 is 14.7 Å². The van der Waals surface area contributed by atoms with E-state index < -0.39 is 5.97 Å². The number of carboxylic acid groups (broad SMARTS) is 1. The Morgan fingerprint density at radius 2 is 2.14 bits per heavy atom. The molecule has 2 fully saturated rings. The number of nitrogens with zero attached hydrogens (tertiary/aromatic N) is 3. The highest BCUT2D eigenvalue weighted by Crippen LogP contribution is 2.56. The number of carbonyl (C=O) groups is 1. The summed E-state index contributed by atoms with van der Waals surface area (Å²) in [6.07, 6.45) is 1.86. The van der Waals surface area contributed by atoms with Crippen LogP contribution in [0.4, 0.5) is 5.82 Å². The van der Waals surface area contributed by atoms with Gasteiger partial charge in [-0.25, -0.2) is 9.97 Å². The third-order valence-corrected chi connectivity index (χ3v) is 5.39. The monoisotopic (exact) mass is 329 g/mol. The molecule has 114 valence electrons. The maximum Gasteiger partial charge on any atom is 0.313 e. The fraction of sp³-hybridized carbons (Fsp3) is 0.615. The molecule has 2 heterocycles. The Hall–Kier alpha value is -1.05. The average Bonchev–Trinajstić information content (AvgIpc) is 3.27. The van der Waals surface area contributed by atoms with E-state index in [4.69, 9.17) is 21.4 Å². The lowest BCUT2D eigenvalue weighted by atomic mass is 10.2. The van der Waals surface area contributed by atoms with E-state index in [-0.39, 0.29) is 15.8 Å². The molecule has 0 unspecified atom stereocenters. The summed E-state index contributed by atoms with van der Waals surface area (Å²) >= 11 is 7.48. The molecule has 1 saturated heterocycles. The highest BCUT2D eigenvalue weighted by Gasteiger charge is 2.47. The molecule has 3 rings (SSSR count). The molecule has 1 aromatic rings. The molecule has 0 aromatic carbocycles. The van der Waals surface area contributed by atoms with Gasteiger partial charge >= 0.3 is 5.97 Å². The van der Waals surface area contributed by atoms with E-state index in [1.165, 1.54) is 11.8 Å². The second kappa shape index (κ2) is 5.98. The van der Waals surface area contributed by atoms with Crippen molar-refractivity contribution in [2.75, 3.05) is 37.0 Å². The zero-order chi connectivity index (χ0) is 14.9. The number of aliphatic carboxylic acids is 1. The number of rotatable bonds is 5. The van der Waals surface area contributed by atoms with E-state index in [2.05, 4.69) is 14.9 Å². The van der Waals surface area contributed by atoms with Gasteiger partial charge in [0.1, 0.15) is 5.82 Å². The summed E-state index contributed by atoms with van der Waals surface area (Å²) in [6, 6.07) is 1.94. The number of anilines is 1. The van der Waals surface area contributed by atoms with E-state index in [9.17, 15) is 4.79 Å². The topological polar surface area (TPSA) is 75.5 Å². The maximum absolute atomic E-state index is 10.8. The minimum Gasteiger partial charge on any atom is -0.481 e. The predicted octanol–water partition coefficient (Wildman–Crippen LogP) is 1.77. The normalized spacial score (nSPS) is 20.3. The molecular formula is C13H16ClN3O3S. The van der Waals surface area contributed by atoms with Crippen LogP contribution in [0.25, 0.3) is 0 Å². The van der Waals surface area contributed by atoms with Gasteiger partial charge in [0.2, 0.25) is 5.28 Å². The Morgan fingerprint density at radius 1 is 1.43 bits per heavy atom. The lowest BCUT2D eigenvalue weighted by Crippen LogP contribution is -2.37. The predicted molar refractivity (Wildman–Crippen MR) is 81.1 cm³/mol. The Labute approximate surface area is 131 Å². The molecule has 6 nitrogen and oxygen atoms in total. The van der Waals surface area contributed by atoms with Gasteiger partial charge in [0.15, 0.2) is 0 Å². The lowest BCUT2D eigenvalue weighted by molar-refractivity contribution is -0.133. The second-order valence-corrected chi connectivity index (χ2v) is 6.85. The first-order chi connectivity index (χ1) is 10.1. The number of hydrogen-bond acceptors (Lipinski definition) is 6. The number of halogens is 1. The summed E-state index contributed by atoms with van der Waals surface area (Å²) < 4.78 is 5.14. The Morgan fingerprint density at radius 3 is 2.76 bits per heavy atom. The fourth-order valence-electron chi connectivity index (χ4n) is 2.38. The van der Waals surface area contributed by atoms with Gasteiger partial charge in [0, 0.05) is 19.2 Å². The van der Waals surface area contributed by atoms with Crippen LogP contribution in [-0.2, 0) is 14.3 Å². The number of carboxylic acids is 1. The SMILES string of the molecule is O=C(O)CSC1(c2cc(N3CCOCC3)nc(Cl)n2)CC1. The summed E-state index contributed by atoms with van der Waals surface area (Å²) in [5.41, 5.74) is 0.843. The van der Waals surface area contributed by atoms with E-state index >= 15 is 0 Å². The number of hydrogen-bond donors (Lipinski definition) is 1. The first kappa shape index (κ1) is 14.9. The van der Waals surface area contributed by atoms with Crippen molar-refractivity contribution >= 4 is 35.1 Å². The van der Waals surface area contributed by atoms with Gasteiger partial charge in [-0.2, -0.15) is 0 Å². The number of ether oxygens (including phenoxy) is 1. The van der Waals surface area contributed by atoms with Gasteiger partial charge in [-0.1, -0.05) is 0 Å². The third kappa shape index (κ3) is 3.41. The van der Waals surface area contributed by atoms with Crippen LogP contribution in [0.1, 0.15) is 18.5 Å². The molecule has 21 heavy (non-hydrogen) atoms. The standard InChI is InChI=1S/C13H16ClN3O3S/c14-12-15-9(13(1-2-13)21-8-11(18)19)7-10(16-12)17-3-5-20-6-4-17/h7H,1-6,8H2,(H,18,19). The van der Waals surface area contributed by atoms with Crippen molar-refractivity contribution in [1.82, 2.24) is 9.97 Å². The van der Waals surface area contributed by atoms with Crippen molar-refractivity contribution in [3.05, 3.63) is 17.0 Å². The van der Waals surface area contributed by atoms with Crippen LogP contribution in [0.3, 0.4) is 0 Å². The van der Waals surface area contributed by atoms with Crippen molar-refractivity contribution in [3.8, 4) is 0 Å². The minimum absolute atomic E-state index is 0.0779. The van der Waals surface area contributed by atoms with Crippen LogP contribution >= 0.6 is 23.4 Å². The molecule has 1 aromatic heterocycles. The van der Waals surface area contributed by atoms with Gasteiger partial charge in [0.05, 0.1) is 29.4 Å². The Balaban J connectivity index is 1.82. The Kier molecular flexibility index (Phi) is 4.24. The van der Waals surface area contributed by atoms with Gasteiger partial charge in [-0.05, 0) is 24.4 Å². The molecule has 0 radical (unpaired) electrons. The first-order valence-electron chi connectivity index (χ1n) is 6.83. The van der Waals surface area contributed by atoms with Crippen LogP contribution in [0, 0.1) is 0 Å². The number of thioether (sulfide) groups is 1. The zero-order valence-corrected chi connectivity index (χ0v) is 13.0. The van der Waals surface area contributed by atoms with Crippen molar-refractivity contribution in [1.29, 1.82) is 0 Å². The van der Waals surface area contributed by atoms with Crippen LogP contribution in [-0.4, -0.2) is 53.1 Å². The quantitative estimate of drug-likeness (QED) is 0.825. The molecule has 1 aliphatic heterocycles. The van der Waals surface area contributed by atoms with Crippen LogP contribution in [0.5, 0.6) is 0 Å². The molecular weight excluding hydrogens is 314 g/mol. The summed E-state index contributed by atoms with van der Waals surface area (Å²) in [5.74, 6) is 0.0736. The van der Waals surface area contributed by atoms with Crippen LogP contribution in [0.15, 0.2) is 6.07 Å². The highest BCUT2D eigenvalue weighted by atomic mass is 35.5. The van der Waals surface area contributed by atoms with Crippen molar-refractivity contribution < 1.29 is 14.6 Å². The fourth-order valence-corrected chi connectivity index (χ4v) is 3.60. The van der Waals surface area contributed by atoms with E-state index in [0.29, 0.717) is 13.2 Å². The highest BCUT2D eigenvalue weighted by molar-refractivity contribution is 8.01. The molecule has 1 aliphatic carbocycles. The molecule has 8 heteroatoms. The van der Waals surface area contributed by atoms with Crippen molar-refractivity contribution in [2.45, 2.75) is 17.6 Å². The van der Waals surface area contributed by atoms with Gasteiger partial charge in [-0.3, -0.25) is 4.79 Å². The van der Waals surface area contributed by atoms with E-state index in [1.54, 1.807) is 0 Å².